The summed E-state index contributed by atoms with van der Waals surface area (Å²) in [5.74, 6) is -0.786. The quantitative estimate of drug-likeness (QED) is 0.569. The van der Waals surface area contributed by atoms with Crippen LogP contribution in [-0.4, -0.2) is 72.2 Å². The summed E-state index contributed by atoms with van der Waals surface area (Å²) in [6, 6.07) is 5.19. The Labute approximate surface area is 175 Å². The van der Waals surface area contributed by atoms with Gasteiger partial charge in [-0.05, 0) is 23.6 Å². The van der Waals surface area contributed by atoms with E-state index in [0.29, 0.717) is 44.6 Å². The normalized spacial score (nSPS) is 23.7. The predicted molar refractivity (Wildman–Crippen MR) is 108 cm³/mol. The molecule has 1 aromatic carbocycles. The van der Waals surface area contributed by atoms with Crippen LogP contribution in [0.15, 0.2) is 18.2 Å². The molecule has 1 atom stereocenters. The van der Waals surface area contributed by atoms with Gasteiger partial charge in [-0.2, -0.15) is 0 Å². The molecule has 9 nitrogen and oxygen atoms in total. The maximum Gasteiger partial charge on any atom is 0.255 e. The molecule has 1 unspecified atom stereocenters. The molecular formula is C21H27N5O4. The lowest BCUT2D eigenvalue weighted by molar-refractivity contribution is -0.137. The Balaban J connectivity index is 1.43. The second-order valence-corrected chi connectivity index (χ2v) is 8.02. The number of hydrogen-bond acceptors (Lipinski definition) is 6. The van der Waals surface area contributed by atoms with Crippen LogP contribution in [0.3, 0.4) is 0 Å². The highest BCUT2D eigenvalue weighted by molar-refractivity contribution is 6.05. The Morgan fingerprint density at radius 1 is 0.967 bits per heavy atom. The molecule has 0 saturated carbocycles. The monoisotopic (exact) mass is 413 g/mol. The standard InChI is InChI=1S/C21H27N5O4/c27-18-5-9-25(10-8-22-6-7-23-18)12-14-1-2-16-15(11-14)13-26(21(16)30)17-3-4-19(28)24-20(17)29/h1-2,11,17,22H,3-10,12-13H2,(H,23,27)(H,24,28,29). The maximum atomic E-state index is 12.8. The minimum Gasteiger partial charge on any atom is -0.355 e. The number of fused-ring (bicyclic) bond motifs is 1. The molecule has 1 aromatic rings. The third kappa shape index (κ3) is 4.52. The second-order valence-electron chi connectivity index (χ2n) is 8.02. The lowest BCUT2D eigenvalue weighted by Gasteiger charge is -2.29. The van der Waals surface area contributed by atoms with E-state index >= 15 is 0 Å². The Morgan fingerprint density at radius 3 is 2.67 bits per heavy atom. The highest BCUT2D eigenvalue weighted by Crippen LogP contribution is 2.28. The van der Waals surface area contributed by atoms with Crippen molar-refractivity contribution in [1.82, 2.24) is 25.8 Å². The zero-order valence-electron chi connectivity index (χ0n) is 16.9. The van der Waals surface area contributed by atoms with Crippen LogP contribution < -0.4 is 16.0 Å². The average Bonchev–Trinajstić information content (AvgIpc) is 3.04. The van der Waals surface area contributed by atoms with E-state index in [1.54, 1.807) is 4.90 Å². The predicted octanol–water partition coefficient (Wildman–Crippen LogP) is -0.641. The second kappa shape index (κ2) is 8.93. The third-order valence-electron chi connectivity index (χ3n) is 5.88. The van der Waals surface area contributed by atoms with Crippen molar-refractivity contribution in [1.29, 1.82) is 0 Å². The van der Waals surface area contributed by atoms with Gasteiger partial charge in [0.15, 0.2) is 0 Å². The van der Waals surface area contributed by atoms with Crippen molar-refractivity contribution in [3.8, 4) is 0 Å². The number of imide groups is 1. The molecule has 3 N–H and O–H groups in total. The number of rotatable bonds is 3. The summed E-state index contributed by atoms with van der Waals surface area (Å²) in [5.41, 5.74) is 2.59. The fourth-order valence-corrected chi connectivity index (χ4v) is 4.25. The molecule has 9 heteroatoms. The van der Waals surface area contributed by atoms with E-state index in [2.05, 4.69) is 20.9 Å². The number of nitrogens with zero attached hydrogens (tertiary/aromatic N) is 2. The zero-order chi connectivity index (χ0) is 21.1. The van der Waals surface area contributed by atoms with Crippen molar-refractivity contribution in [2.75, 3.05) is 32.7 Å². The van der Waals surface area contributed by atoms with Crippen LogP contribution in [0.2, 0.25) is 0 Å². The lowest BCUT2D eigenvalue weighted by atomic mass is 10.0. The molecule has 0 aromatic heterocycles. The third-order valence-corrected chi connectivity index (χ3v) is 5.88. The van der Waals surface area contributed by atoms with Gasteiger partial charge in [-0.3, -0.25) is 29.4 Å². The van der Waals surface area contributed by atoms with Gasteiger partial charge >= 0.3 is 0 Å². The van der Waals surface area contributed by atoms with E-state index in [0.717, 1.165) is 30.8 Å². The molecule has 2 saturated heterocycles. The van der Waals surface area contributed by atoms with Crippen LogP contribution in [0.4, 0.5) is 0 Å². The van der Waals surface area contributed by atoms with Crippen LogP contribution in [0, 0.1) is 0 Å². The number of nitrogens with one attached hydrogen (secondary N) is 3. The highest BCUT2D eigenvalue weighted by atomic mass is 16.2. The average molecular weight is 413 g/mol. The molecule has 4 amide bonds. The van der Waals surface area contributed by atoms with Gasteiger partial charge in [0.1, 0.15) is 6.04 Å². The summed E-state index contributed by atoms with van der Waals surface area (Å²) in [4.78, 5) is 52.1. The van der Waals surface area contributed by atoms with Crippen molar-refractivity contribution in [3.63, 3.8) is 0 Å². The van der Waals surface area contributed by atoms with Crippen LogP contribution in [-0.2, 0) is 27.5 Å². The molecule has 0 spiro atoms. The Bertz CT molecular complexity index is 871. The number of hydrogen-bond donors (Lipinski definition) is 3. The fourth-order valence-electron chi connectivity index (χ4n) is 4.25. The lowest BCUT2D eigenvalue weighted by Crippen LogP contribution is -2.52. The summed E-state index contributed by atoms with van der Waals surface area (Å²) < 4.78 is 0. The summed E-state index contributed by atoms with van der Waals surface area (Å²) in [6.45, 7) is 4.84. The van der Waals surface area contributed by atoms with E-state index in [1.807, 2.05) is 18.2 Å². The van der Waals surface area contributed by atoms with Crippen LogP contribution in [0.1, 0.15) is 40.7 Å². The van der Waals surface area contributed by atoms with Gasteiger partial charge in [0.2, 0.25) is 17.7 Å². The number of carbonyl (C=O) groups is 4. The summed E-state index contributed by atoms with van der Waals surface area (Å²) in [5, 5.41) is 8.54. The largest absolute Gasteiger partial charge is 0.355 e. The van der Waals surface area contributed by atoms with Gasteiger partial charge in [0.25, 0.3) is 5.91 Å². The molecule has 160 valence electrons. The first-order chi connectivity index (χ1) is 14.5. The van der Waals surface area contributed by atoms with Crippen molar-refractivity contribution in [3.05, 3.63) is 34.9 Å². The van der Waals surface area contributed by atoms with Gasteiger partial charge < -0.3 is 15.5 Å². The maximum absolute atomic E-state index is 12.8. The molecular weight excluding hydrogens is 386 g/mol. The first kappa shape index (κ1) is 20.5. The van der Waals surface area contributed by atoms with Crippen molar-refractivity contribution in [2.45, 2.75) is 38.4 Å². The molecule has 0 bridgehead atoms. The topological polar surface area (TPSA) is 111 Å². The summed E-state index contributed by atoms with van der Waals surface area (Å²) >= 11 is 0. The first-order valence-electron chi connectivity index (χ1n) is 10.5. The summed E-state index contributed by atoms with van der Waals surface area (Å²) in [6.07, 6.45) is 1.07. The van der Waals surface area contributed by atoms with E-state index in [9.17, 15) is 19.2 Å². The zero-order valence-corrected chi connectivity index (χ0v) is 16.9. The number of amides is 4. The first-order valence-corrected chi connectivity index (χ1v) is 10.5. The summed E-state index contributed by atoms with van der Waals surface area (Å²) in [7, 11) is 0. The van der Waals surface area contributed by atoms with Gasteiger partial charge in [-0.15, -0.1) is 0 Å². The molecule has 3 aliphatic heterocycles. The number of benzene rings is 1. The minimum atomic E-state index is -0.599. The molecule has 30 heavy (non-hydrogen) atoms. The van der Waals surface area contributed by atoms with E-state index in [1.165, 1.54) is 0 Å². The van der Waals surface area contributed by atoms with Crippen LogP contribution >= 0.6 is 0 Å². The molecule has 3 heterocycles. The Kier molecular flexibility index (Phi) is 6.10. The van der Waals surface area contributed by atoms with E-state index in [4.69, 9.17) is 0 Å². The van der Waals surface area contributed by atoms with Crippen LogP contribution in [0.25, 0.3) is 0 Å². The van der Waals surface area contributed by atoms with Gasteiger partial charge in [-0.25, -0.2) is 0 Å². The SMILES string of the molecule is O=C1CCN(Cc2ccc3c(c2)CN(C2CCC(=O)NC2=O)C3=O)CCNCCN1. The smallest absolute Gasteiger partial charge is 0.255 e. The minimum absolute atomic E-state index is 0.0585. The van der Waals surface area contributed by atoms with Crippen molar-refractivity contribution >= 4 is 23.6 Å². The van der Waals surface area contributed by atoms with E-state index < -0.39 is 11.9 Å². The van der Waals surface area contributed by atoms with Crippen LogP contribution in [0.5, 0.6) is 0 Å². The van der Waals surface area contributed by atoms with Crippen molar-refractivity contribution in [2.24, 2.45) is 0 Å². The number of piperidine rings is 1. The van der Waals surface area contributed by atoms with Gasteiger partial charge in [0.05, 0.1) is 0 Å². The Morgan fingerprint density at radius 2 is 1.83 bits per heavy atom. The number of carbonyl (C=O) groups excluding carboxylic acids is 4. The molecule has 2 fully saturated rings. The Hall–Kier alpha value is -2.78. The molecule has 0 radical (unpaired) electrons. The fraction of sp³-hybridized carbons (Fsp3) is 0.524. The van der Waals surface area contributed by atoms with Gasteiger partial charge in [0, 0.05) is 64.2 Å². The molecule has 0 aliphatic carbocycles. The molecule has 4 rings (SSSR count). The molecule has 3 aliphatic rings. The van der Waals surface area contributed by atoms with E-state index in [-0.39, 0.29) is 24.1 Å². The highest BCUT2D eigenvalue weighted by Gasteiger charge is 2.39. The van der Waals surface area contributed by atoms with Gasteiger partial charge in [-0.1, -0.05) is 12.1 Å². The van der Waals surface area contributed by atoms with Crippen molar-refractivity contribution < 1.29 is 19.2 Å².